The summed E-state index contributed by atoms with van der Waals surface area (Å²) in [6.07, 6.45) is 1.11. The first-order valence-corrected chi connectivity index (χ1v) is 6.80. The fourth-order valence-corrected chi connectivity index (χ4v) is 2.77. The average molecular weight is 271 g/mol. The normalized spacial score (nSPS) is 25.3. The van der Waals surface area contributed by atoms with Crippen LogP contribution in [0.2, 0.25) is 5.02 Å². The molecular formula is C14H20ClFN2. The maximum Gasteiger partial charge on any atom is 0.127 e. The van der Waals surface area contributed by atoms with Crippen LogP contribution in [-0.2, 0) is 6.54 Å². The lowest BCUT2D eigenvalue weighted by molar-refractivity contribution is 0.174. The molecule has 0 saturated carbocycles. The summed E-state index contributed by atoms with van der Waals surface area (Å²) in [6.45, 7) is 4.97. The quantitative estimate of drug-likeness (QED) is 0.909. The number of hydrogen-bond acceptors (Lipinski definition) is 2. The van der Waals surface area contributed by atoms with Gasteiger partial charge in [0.1, 0.15) is 5.82 Å². The van der Waals surface area contributed by atoms with Crippen molar-refractivity contribution in [1.82, 2.24) is 10.2 Å². The number of piperidine rings is 1. The Labute approximate surface area is 113 Å². The van der Waals surface area contributed by atoms with Gasteiger partial charge in [-0.2, -0.15) is 0 Å². The molecule has 0 amide bonds. The van der Waals surface area contributed by atoms with E-state index in [1.807, 2.05) is 0 Å². The largest absolute Gasteiger partial charge is 0.309 e. The monoisotopic (exact) mass is 270 g/mol. The van der Waals surface area contributed by atoms with E-state index in [2.05, 4.69) is 24.2 Å². The molecule has 1 N–H and O–H groups in total. The Bertz CT molecular complexity index is 411. The van der Waals surface area contributed by atoms with E-state index in [0.717, 1.165) is 19.5 Å². The zero-order chi connectivity index (χ0) is 13.1. The van der Waals surface area contributed by atoms with Gasteiger partial charge in [-0.25, -0.2) is 4.39 Å². The Morgan fingerprint density at radius 2 is 2.28 bits per heavy atom. The van der Waals surface area contributed by atoms with Crippen LogP contribution in [0.5, 0.6) is 0 Å². The molecule has 2 unspecified atom stereocenters. The van der Waals surface area contributed by atoms with E-state index in [-0.39, 0.29) is 5.82 Å². The second-order valence-corrected chi connectivity index (χ2v) is 5.69. The molecule has 2 atom stereocenters. The minimum absolute atomic E-state index is 0.188. The first-order chi connectivity index (χ1) is 8.56. The molecular weight excluding hydrogens is 251 g/mol. The van der Waals surface area contributed by atoms with Gasteiger partial charge in [0.25, 0.3) is 0 Å². The molecule has 0 aliphatic carbocycles. The van der Waals surface area contributed by atoms with Crippen molar-refractivity contribution in [1.29, 1.82) is 0 Å². The zero-order valence-electron chi connectivity index (χ0n) is 10.9. The molecule has 1 aliphatic heterocycles. The lowest BCUT2D eigenvalue weighted by atomic mass is 9.94. The molecule has 1 aromatic carbocycles. The van der Waals surface area contributed by atoms with Gasteiger partial charge >= 0.3 is 0 Å². The second kappa shape index (κ2) is 6.00. The van der Waals surface area contributed by atoms with Crippen molar-refractivity contribution < 1.29 is 4.39 Å². The first-order valence-electron chi connectivity index (χ1n) is 6.42. The van der Waals surface area contributed by atoms with Gasteiger partial charge in [-0.15, -0.1) is 0 Å². The van der Waals surface area contributed by atoms with Crippen LogP contribution in [0.15, 0.2) is 18.2 Å². The van der Waals surface area contributed by atoms with Gasteiger partial charge < -0.3 is 10.2 Å². The minimum atomic E-state index is -0.188. The molecule has 0 bridgehead atoms. The van der Waals surface area contributed by atoms with E-state index in [4.69, 9.17) is 11.6 Å². The van der Waals surface area contributed by atoms with Crippen LogP contribution in [0.3, 0.4) is 0 Å². The number of hydrogen-bond donors (Lipinski definition) is 1. The lowest BCUT2D eigenvalue weighted by Gasteiger charge is -2.35. The molecule has 0 radical (unpaired) electrons. The van der Waals surface area contributed by atoms with Gasteiger partial charge in [0.2, 0.25) is 0 Å². The Hall–Kier alpha value is -0.640. The first kappa shape index (κ1) is 13.8. The molecule has 2 rings (SSSR count). The summed E-state index contributed by atoms with van der Waals surface area (Å²) in [4.78, 5) is 2.34. The third-order valence-electron chi connectivity index (χ3n) is 3.67. The topological polar surface area (TPSA) is 15.3 Å². The van der Waals surface area contributed by atoms with Crippen LogP contribution < -0.4 is 5.32 Å². The highest BCUT2D eigenvalue weighted by molar-refractivity contribution is 6.30. The number of nitrogens with zero attached hydrogens (tertiary/aromatic N) is 1. The van der Waals surface area contributed by atoms with Crippen molar-refractivity contribution in [2.24, 2.45) is 5.92 Å². The summed E-state index contributed by atoms with van der Waals surface area (Å²) in [6, 6.07) is 5.17. The van der Waals surface area contributed by atoms with E-state index >= 15 is 0 Å². The maximum absolute atomic E-state index is 13.6. The number of halogens is 2. The van der Waals surface area contributed by atoms with Crippen LogP contribution >= 0.6 is 11.6 Å². The van der Waals surface area contributed by atoms with E-state index in [0.29, 0.717) is 29.1 Å². The molecule has 100 valence electrons. The zero-order valence-corrected chi connectivity index (χ0v) is 11.7. The van der Waals surface area contributed by atoms with Crippen LogP contribution in [-0.4, -0.2) is 31.1 Å². The highest BCUT2D eigenvalue weighted by atomic mass is 35.5. The van der Waals surface area contributed by atoms with Crippen LogP contribution in [0.4, 0.5) is 4.39 Å². The Morgan fingerprint density at radius 3 is 3.00 bits per heavy atom. The molecule has 1 aromatic rings. The van der Waals surface area contributed by atoms with Gasteiger partial charge in [0, 0.05) is 29.7 Å². The molecule has 0 aromatic heterocycles. The summed E-state index contributed by atoms with van der Waals surface area (Å²) in [7, 11) is 2.14. The van der Waals surface area contributed by atoms with E-state index in [1.54, 1.807) is 12.1 Å². The van der Waals surface area contributed by atoms with Gasteiger partial charge in [0.05, 0.1) is 0 Å². The summed E-state index contributed by atoms with van der Waals surface area (Å²) >= 11 is 5.89. The predicted molar refractivity (Wildman–Crippen MR) is 73.3 cm³/mol. The Kier molecular flexibility index (Phi) is 4.60. The lowest BCUT2D eigenvalue weighted by Crippen LogP contribution is -2.46. The minimum Gasteiger partial charge on any atom is -0.309 e. The highest BCUT2D eigenvalue weighted by Gasteiger charge is 2.23. The average Bonchev–Trinajstić information content (AvgIpc) is 2.32. The summed E-state index contributed by atoms with van der Waals surface area (Å²) in [5.41, 5.74) is 0.647. The SMILES string of the molecule is CC1CN(C)CCC1NCc1cc(Cl)ccc1F. The molecule has 1 aliphatic rings. The highest BCUT2D eigenvalue weighted by Crippen LogP contribution is 2.18. The molecule has 1 saturated heterocycles. The predicted octanol–water partition coefficient (Wildman–Crippen LogP) is 2.91. The number of likely N-dealkylation sites (tertiary alicyclic amines) is 1. The summed E-state index contributed by atoms with van der Waals surface area (Å²) in [5, 5.41) is 4.04. The maximum atomic E-state index is 13.6. The fraction of sp³-hybridized carbons (Fsp3) is 0.571. The second-order valence-electron chi connectivity index (χ2n) is 5.25. The van der Waals surface area contributed by atoms with Gasteiger partial charge in [-0.05, 0) is 44.1 Å². The van der Waals surface area contributed by atoms with Gasteiger partial charge in [-0.1, -0.05) is 18.5 Å². The van der Waals surface area contributed by atoms with Crippen LogP contribution in [0, 0.1) is 11.7 Å². The number of benzene rings is 1. The van der Waals surface area contributed by atoms with E-state index in [9.17, 15) is 4.39 Å². The van der Waals surface area contributed by atoms with Gasteiger partial charge in [0.15, 0.2) is 0 Å². The van der Waals surface area contributed by atoms with Crippen LogP contribution in [0.25, 0.3) is 0 Å². The van der Waals surface area contributed by atoms with Crippen molar-refractivity contribution in [3.63, 3.8) is 0 Å². The van der Waals surface area contributed by atoms with Crippen molar-refractivity contribution >= 4 is 11.6 Å². The van der Waals surface area contributed by atoms with Crippen molar-refractivity contribution in [3.05, 3.63) is 34.6 Å². The van der Waals surface area contributed by atoms with Gasteiger partial charge in [-0.3, -0.25) is 0 Å². The van der Waals surface area contributed by atoms with Crippen molar-refractivity contribution in [2.75, 3.05) is 20.1 Å². The van der Waals surface area contributed by atoms with E-state index < -0.39 is 0 Å². The van der Waals surface area contributed by atoms with Crippen molar-refractivity contribution in [2.45, 2.75) is 25.9 Å². The third kappa shape index (κ3) is 3.44. The molecule has 18 heavy (non-hydrogen) atoms. The Balaban J connectivity index is 1.93. The molecule has 1 heterocycles. The molecule has 4 heteroatoms. The van der Waals surface area contributed by atoms with Crippen molar-refractivity contribution in [3.8, 4) is 0 Å². The number of nitrogens with one attached hydrogen (secondary N) is 1. The summed E-state index contributed by atoms with van der Waals surface area (Å²) < 4.78 is 13.6. The fourth-order valence-electron chi connectivity index (χ4n) is 2.58. The third-order valence-corrected chi connectivity index (χ3v) is 3.91. The smallest absolute Gasteiger partial charge is 0.127 e. The molecule has 1 fully saturated rings. The number of rotatable bonds is 3. The Morgan fingerprint density at radius 1 is 1.50 bits per heavy atom. The standard InChI is InChI=1S/C14H20ClFN2/c1-10-9-18(2)6-5-14(10)17-8-11-7-12(15)3-4-13(11)16/h3-4,7,10,14,17H,5-6,8-9H2,1-2H3. The molecule has 2 nitrogen and oxygen atoms in total. The molecule has 0 spiro atoms. The van der Waals surface area contributed by atoms with E-state index in [1.165, 1.54) is 6.07 Å². The van der Waals surface area contributed by atoms with Crippen LogP contribution in [0.1, 0.15) is 18.9 Å². The summed E-state index contributed by atoms with van der Waals surface area (Å²) in [5.74, 6) is 0.401.